The highest BCUT2D eigenvalue weighted by atomic mass is 16.2. The Morgan fingerprint density at radius 2 is 2.05 bits per heavy atom. The van der Waals surface area contributed by atoms with Gasteiger partial charge in [-0.15, -0.1) is 0 Å². The summed E-state index contributed by atoms with van der Waals surface area (Å²) in [6.07, 6.45) is 3.74. The Morgan fingerprint density at radius 3 is 2.79 bits per heavy atom. The molecule has 100 valence electrons. The number of carbonyl (C=O) groups excluding carboxylic acids is 2. The number of hydrogen-bond donors (Lipinski definition) is 1. The molecule has 1 aromatic rings. The van der Waals surface area contributed by atoms with Crippen molar-refractivity contribution in [3.8, 4) is 0 Å². The van der Waals surface area contributed by atoms with Gasteiger partial charge in [0.1, 0.15) is 6.54 Å². The molecule has 0 spiro atoms. The first-order chi connectivity index (χ1) is 9.11. The van der Waals surface area contributed by atoms with Crippen LogP contribution in [0.1, 0.15) is 5.56 Å². The van der Waals surface area contributed by atoms with E-state index in [0.29, 0.717) is 6.54 Å². The number of amides is 2. The molecule has 0 bridgehead atoms. The Bertz CT molecular complexity index is 525. The van der Waals surface area contributed by atoms with E-state index in [2.05, 4.69) is 0 Å². The van der Waals surface area contributed by atoms with Gasteiger partial charge in [0.05, 0.1) is 6.54 Å². The van der Waals surface area contributed by atoms with Crippen molar-refractivity contribution in [3.63, 3.8) is 0 Å². The van der Waals surface area contributed by atoms with Gasteiger partial charge in [-0.25, -0.2) is 0 Å². The zero-order chi connectivity index (χ0) is 13.8. The number of likely N-dealkylation sites (N-methyl/N-ethyl adjacent to an activating group) is 1. The number of carbonyl (C=O) groups is 2. The van der Waals surface area contributed by atoms with E-state index in [1.54, 1.807) is 7.05 Å². The molecule has 2 rings (SSSR count). The molecule has 0 atom stereocenters. The van der Waals surface area contributed by atoms with Gasteiger partial charge in [-0.2, -0.15) is 0 Å². The molecule has 0 unspecified atom stereocenters. The number of benzene rings is 1. The summed E-state index contributed by atoms with van der Waals surface area (Å²) in [5.74, 6) is -0.121. The lowest BCUT2D eigenvalue weighted by atomic mass is 10.1. The molecule has 1 saturated heterocycles. The minimum absolute atomic E-state index is 0.0532. The molecule has 2 amide bonds. The molecule has 5 nitrogen and oxygen atoms in total. The Hall–Kier alpha value is -2.14. The van der Waals surface area contributed by atoms with E-state index < -0.39 is 0 Å². The number of hydrogen-bond acceptors (Lipinski definition) is 3. The van der Waals surface area contributed by atoms with E-state index in [-0.39, 0.29) is 24.9 Å². The lowest BCUT2D eigenvalue weighted by Crippen LogP contribution is -2.52. The summed E-state index contributed by atoms with van der Waals surface area (Å²) in [7, 11) is 1.64. The highest BCUT2D eigenvalue weighted by molar-refractivity contribution is 6.04. The van der Waals surface area contributed by atoms with Crippen molar-refractivity contribution in [3.05, 3.63) is 35.9 Å². The zero-order valence-corrected chi connectivity index (χ0v) is 10.9. The summed E-state index contributed by atoms with van der Waals surface area (Å²) in [4.78, 5) is 26.6. The van der Waals surface area contributed by atoms with Crippen molar-refractivity contribution >= 4 is 23.6 Å². The molecule has 2 N–H and O–H groups in total. The maximum Gasteiger partial charge on any atom is 0.247 e. The van der Waals surface area contributed by atoms with Crippen LogP contribution in [0.3, 0.4) is 0 Å². The Kier molecular flexibility index (Phi) is 3.97. The standard InChI is InChI=1S/C14H17N3O2/c1-16-9-14(19)17(10-13(16)18)12-6-2-4-11(8-12)5-3-7-15/h2-6,8H,7,9-10,15H2,1H3/b5-3+. The van der Waals surface area contributed by atoms with Gasteiger partial charge in [0.25, 0.3) is 0 Å². The first-order valence-corrected chi connectivity index (χ1v) is 6.13. The number of nitrogens with zero attached hydrogens (tertiary/aromatic N) is 2. The molecule has 1 fully saturated rings. The average Bonchev–Trinajstić information content (AvgIpc) is 2.41. The maximum absolute atomic E-state index is 12.0. The van der Waals surface area contributed by atoms with E-state index >= 15 is 0 Å². The predicted octanol–water partition coefficient (Wildman–Crippen LogP) is 0.463. The molecule has 19 heavy (non-hydrogen) atoms. The minimum Gasteiger partial charge on any atom is -0.335 e. The van der Waals surface area contributed by atoms with Gasteiger partial charge in [0.15, 0.2) is 0 Å². The number of anilines is 1. The topological polar surface area (TPSA) is 66.6 Å². The van der Waals surface area contributed by atoms with Crippen molar-refractivity contribution in [2.24, 2.45) is 5.73 Å². The number of nitrogens with two attached hydrogens (primary N) is 1. The third-order valence-electron chi connectivity index (χ3n) is 3.02. The fourth-order valence-electron chi connectivity index (χ4n) is 1.96. The fourth-order valence-corrected chi connectivity index (χ4v) is 1.96. The minimum atomic E-state index is -0.0675. The molecule has 0 aliphatic carbocycles. The van der Waals surface area contributed by atoms with Gasteiger partial charge >= 0.3 is 0 Å². The maximum atomic E-state index is 12.0. The predicted molar refractivity (Wildman–Crippen MR) is 74.5 cm³/mol. The van der Waals surface area contributed by atoms with Gasteiger partial charge in [-0.3, -0.25) is 9.59 Å². The van der Waals surface area contributed by atoms with Crippen molar-refractivity contribution in [1.82, 2.24) is 4.90 Å². The summed E-state index contributed by atoms with van der Waals surface area (Å²) in [5, 5.41) is 0. The summed E-state index contributed by atoms with van der Waals surface area (Å²) in [6, 6.07) is 7.50. The van der Waals surface area contributed by atoms with Crippen molar-refractivity contribution in [1.29, 1.82) is 0 Å². The Morgan fingerprint density at radius 1 is 1.26 bits per heavy atom. The number of rotatable bonds is 3. The van der Waals surface area contributed by atoms with Gasteiger partial charge in [-0.1, -0.05) is 24.3 Å². The summed E-state index contributed by atoms with van der Waals surface area (Å²) < 4.78 is 0. The molecular formula is C14H17N3O2. The molecule has 1 aliphatic rings. The molecule has 1 heterocycles. The fraction of sp³-hybridized carbons (Fsp3) is 0.286. The molecule has 5 heteroatoms. The van der Waals surface area contributed by atoms with Crippen LogP contribution >= 0.6 is 0 Å². The van der Waals surface area contributed by atoms with Crippen LogP contribution in [0.15, 0.2) is 30.3 Å². The largest absolute Gasteiger partial charge is 0.335 e. The third kappa shape index (κ3) is 3.00. The second-order valence-corrected chi connectivity index (χ2v) is 4.46. The van der Waals surface area contributed by atoms with Crippen LogP contribution in [0.5, 0.6) is 0 Å². The van der Waals surface area contributed by atoms with Crippen LogP contribution in [0.25, 0.3) is 6.08 Å². The van der Waals surface area contributed by atoms with Gasteiger partial charge in [-0.05, 0) is 17.7 Å². The molecular weight excluding hydrogens is 242 g/mol. The van der Waals surface area contributed by atoms with E-state index in [0.717, 1.165) is 11.3 Å². The zero-order valence-electron chi connectivity index (χ0n) is 10.9. The number of piperazine rings is 1. The average molecular weight is 259 g/mol. The second-order valence-electron chi connectivity index (χ2n) is 4.46. The molecule has 0 saturated carbocycles. The van der Waals surface area contributed by atoms with Crippen molar-refractivity contribution in [2.75, 3.05) is 31.6 Å². The lowest BCUT2D eigenvalue weighted by molar-refractivity contribution is -0.136. The third-order valence-corrected chi connectivity index (χ3v) is 3.02. The summed E-state index contributed by atoms with van der Waals surface area (Å²) >= 11 is 0. The van der Waals surface area contributed by atoms with Gasteiger partial charge in [0, 0.05) is 19.3 Å². The van der Waals surface area contributed by atoms with Crippen LogP contribution in [0, 0.1) is 0 Å². The molecule has 1 aromatic carbocycles. The lowest BCUT2D eigenvalue weighted by Gasteiger charge is -2.31. The summed E-state index contributed by atoms with van der Waals surface area (Å²) in [6.45, 7) is 0.692. The van der Waals surface area contributed by atoms with E-state index in [9.17, 15) is 9.59 Å². The monoisotopic (exact) mass is 259 g/mol. The van der Waals surface area contributed by atoms with Crippen LogP contribution in [0.4, 0.5) is 5.69 Å². The van der Waals surface area contributed by atoms with Crippen molar-refractivity contribution < 1.29 is 9.59 Å². The van der Waals surface area contributed by atoms with E-state index in [4.69, 9.17) is 5.73 Å². The van der Waals surface area contributed by atoms with Gasteiger partial charge < -0.3 is 15.5 Å². The van der Waals surface area contributed by atoms with E-state index in [1.807, 2.05) is 36.4 Å². The van der Waals surface area contributed by atoms with Crippen molar-refractivity contribution in [2.45, 2.75) is 0 Å². The van der Waals surface area contributed by atoms with Crippen LogP contribution < -0.4 is 10.6 Å². The van der Waals surface area contributed by atoms with Crippen LogP contribution in [-0.4, -0.2) is 43.4 Å². The van der Waals surface area contributed by atoms with E-state index in [1.165, 1.54) is 9.80 Å². The smallest absolute Gasteiger partial charge is 0.247 e. The SMILES string of the molecule is CN1CC(=O)N(c2cccc(/C=C/CN)c2)CC1=O. The molecule has 0 radical (unpaired) electrons. The highest BCUT2D eigenvalue weighted by Crippen LogP contribution is 2.19. The van der Waals surface area contributed by atoms with Crippen LogP contribution in [0.2, 0.25) is 0 Å². The highest BCUT2D eigenvalue weighted by Gasteiger charge is 2.28. The Balaban J connectivity index is 2.24. The van der Waals surface area contributed by atoms with Gasteiger partial charge in [0.2, 0.25) is 11.8 Å². The Labute approximate surface area is 112 Å². The first-order valence-electron chi connectivity index (χ1n) is 6.13. The molecule has 1 aliphatic heterocycles. The first kappa shape index (κ1) is 13.3. The normalized spacial score (nSPS) is 16.5. The summed E-state index contributed by atoms with van der Waals surface area (Å²) in [5.41, 5.74) is 7.11. The van der Waals surface area contributed by atoms with Crippen LogP contribution in [-0.2, 0) is 9.59 Å². The second kappa shape index (κ2) is 5.67. The quantitative estimate of drug-likeness (QED) is 0.857. The molecule has 0 aromatic heterocycles.